The van der Waals surface area contributed by atoms with Crippen molar-refractivity contribution < 1.29 is 23.9 Å². The molecule has 0 bridgehead atoms. The topological polar surface area (TPSA) is 97.0 Å². The molecule has 5 rings (SSSR count). The second kappa shape index (κ2) is 12.6. The number of amides is 3. The monoisotopic (exact) mass is 563 g/mol. The summed E-state index contributed by atoms with van der Waals surface area (Å²) in [6.07, 6.45) is 0.963. The lowest BCUT2D eigenvalue weighted by molar-refractivity contribution is -0.131. The predicted octanol–water partition coefficient (Wildman–Crippen LogP) is 5.77. The van der Waals surface area contributed by atoms with Gasteiger partial charge in [0.1, 0.15) is 23.3 Å². The van der Waals surface area contributed by atoms with Crippen LogP contribution in [0.4, 0.5) is 5.69 Å². The number of ether oxygens (including phenoxy) is 2. The van der Waals surface area contributed by atoms with Crippen molar-refractivity contribution in [2.75, 3.05) is 11.6 Å². The van der Waals surface area contributed by atoms with E-state index in [-0.39, 0.29) is 12.5 Å². The van der Waals surface area contributed by atoms with Gasteiger partial charge < -0.3 is 14.8 Å². The number of carbonyl (C=O) groups is 3. The van der Waals surface area contributed by atoms with Crippen molar-refractivity contribution >= 4 is 23.4 Å². The van der Waals surface area contributed by atoms with Crippen LogP contribution in [0.2, 0.25) is 0 Å². The minimum atomic E-state index is -0.920. The molecule has 4 aromatic rings. The van der Waals surface area contributed by atoms with Crippen LogP contribution in [-0.2, 0) is 20.8 Å². The zero-order chi connectivity index (χ0) is 29.6. The van der Waals surface area contributed by atoms with Gasteiger partial charge >= 0.3 is 0 Å². The fourth-order valence-corrected chi connectivity index (χ4v) is 4.81. The smallest absolute Gasteiger partial charge is 0.261 e. The average molecular weight is 564 g/mol. The van der Waals surface area contributed by atoms with Gasteiger partial charge in [-0.05, 0) is 79.4 Å². The molecule has 0 aliphatic carbocycles. The van der Waals surface area contributed by atoms with E-state index < -0.39 is 23.8 Å². The minimum Gasteiger partial charge on any atom is -0.484 e. The summed E-state index contributed by atoms with van der Waals surface area (Å²) in [6, 6.07) is 29.0. The molecule has 214 valence electrons. The number of hydrogen-bond acceptors (Lipinski definition) is 5. The minimum absolute atomic E-state index is 0.270. The molecule has 8 heteroatoms. The van der Waals surface area contributed by atoms with E-state index in [2.05, 4.69) is 17.7 Å². The van der Waals surface area contributed by atoms with Gasteiger partial charge in [0.15, 0.2) is 6.61 Å². The Morgan fingerprint density at radius 1 is 0.833 bits per heavy atom. The predicted molar refractivity (Wildman–Crippen MR) is 161 cm³/mol. The number of anilines is 1. The van der Waals surface area contributed by atoms with E-state index in [0.29, 0.717) is 17.2 Å². The lowest BCUT2D eigenvalue weighted by Crippen LogP contribution is -2.54. The molecule has 1 heterocycles. The molecular weight excluding hydrogens is 530 g/mol. The number of para-hydroxylation sites is 1. The second-order valence-electron chi connectivity index (χ2n) is 10.1. The normalized spacial score (nSPS) is 14.6. The van der Waals surface area contributed by atoms with Crippen molar-refractivity contribution in [2.45, 2.75) is 39.2 Å². The lowest BCUT2D eigenvalue weighted by Gasteiger charge is -2.27. The van der Waals surface area contributed by atoms with Crippen LogP contribution in [0, 0.1) is 0 Å². The van der Waals surface area contributed by atoms with Gasteiger partial charge in [-0.15, -0.1) is 0 Å². The number of hydrazine groups is 1. The Labute approximate surface area is 245 Å². The largest absolute Gasteiger partial charge is 0.484 e. The highest BCUT2D eigenvalue weighted by molar-refractivity contribution is 6.06. The fraction of sp³-hybridized carbons (Fsp3) is 0.206. The zero-order valence-corrected chi connectivity index (χ0v) is 23.8. The summed E-state index contributed by atoms with van der Waals surface area (Å²) in [6.45, 7) is 5.19. The van der Waals surface area contributed by atoms with Gasteiger partial charge in [-0.25, -0.2) is 5.01 Å². The van der Waals surface area contributed by atoms with Gasteiger partial charge in [-0.3, -0.25) is 19.8 Å². The summed E-state index contributed by atoms with van der Waals surface area (Å²) < 4.78 is 11.5. The molecule has 0 saturated heterocycles. The van der Waals surface area contributed by atoms with E-state index >= 15 is 0 Å². The third-order valence-corrected chi connectivity index (χ3v) is 7.21. The number of benzene rings is 4. The Bertz CT molecular complexity index is 1580. The molecule has 0 fully saturated rings. The molecule has 8 nitrogen and oxygen atoms in total. The van der Waals surface area contributed by atoms with Crippen LogP contribution < -0.4 is 25.2 Å². The van der Waals surface area contributed by atoms with Crippen molar-refractivity contribution in [3.05, 3.63) is 108 Å². The third kappa shape index (κ3) is 6.28. The summed E-state index contributed by atoms with van der Waals surface area (Å²) in [4.78, 5) is 39.2. The number of nitrogens with zero attached hydrogens (tertiary/aromatic N) is 1. The molecule has 0 aromatic heterocycles. The van der Waals surface area contributed by atoms with Crippen molar-refractivity contribution in [3.8, 4) is 28.4 Å². The van der Waals surface area contributed by atoms with E-state index in [4.69, 9.17) is 9.47 Å². The van der Waals surface area contributed by atoms with Crippen molar-refractivity contribution in [1.29, 1.82) is 0 Å². The number of rotatable bonds is 9. The Morgan fingerprint density at radius 2 is 1.43 bits per heavy atom. The first-order valence-electron chi connectivity index (χ1n) is 14.0. The lowest BCUT2D eigenvalue weighted by atomic mass is 9.92. The Kier molecular flexibility index (Phi) is 8.52. The molecule has 4 aromatic carbocycles. The number of aryl methyl sites for hydroxylation is 1. The first-order chi connectivity index (χ1) is 20.3. The van der Waals surface area contributed by atoms with Crippen LogP contribution >= 0.6 is 0 Å². The van der Waals surface area contributed by atoms with E-state index in [1.165, 1.54) is 10.6 Å². The fourth-order valence-electron chi connectivity index (χ4n) is 4.81. The van der Waals surface area contributed by atoms with Gasteiger partial charge in [-0.2, -0.15) is 0 Å². The number of nitrogens with one attached hydrogen (secondary N) is 2. The SMILES string of the molecule is CCc1ccc(Oc2ccc(OCC(=O)N[C@@H](C)C(=O)NN3C(=O)[C@@H](C)c4ccccc4-c4ccccc43)cc2)cc1. The summed E-state index contributed by atoms with van der Waals surface area (Å²) in [7, 11) is 0. The quantitative estimate of drug-likeness (QED) is 0.269. The molecule has 0 saturated carbocycles. The standard InChI is InChI=1S/C34H33N3O5/c1-4-24-13-15-26(16-14-24)42-27-19-17-25(18-20-27)41-21-32(38)35-23(3)33(39)36-37-31-12-8-7-11-30(31)29-10-6-5-9-28(29)22(2)34(37)40/h5-20,22-23H,4,21H2,1-3H3,(H,35,38)(H,36,39)/t22-,23-/m0/s1. The number of fused-ring (bicyclic) bond motifs is 3. The van der Waals surface area contributed by atoms with Crippen LogP contribution in [0.5, 0.6) is 17.2 Å². The molecule has 0 unspecified atom stereocenters. The maximum absolute atomic E-state index is 13.5. The molecule has 2 N–H and O–H groups in total. The van der Waals surface area contributed by atoms with Gasteiger partial charge in [0.2, 0.25) is 0 Å². The van der Waals surface area contributed by atoms with Gasteiger partial charge in [-0.1, -0.05) is 61.5 Å². The number of hydrogen-bond donors (Lipinski definition) is 2. The first kappa shape index (κ1) is 28.4. The molecule has 1 aliphatic heterocycles. The summed E-state index contributed by atoms with van der Waals surface area (Å²) >= 11 is 0. The van der Waals surface area contributed by atoms with E-state index in [1.807, 2.05) is 73.7 Å². The first-order valence-corrected chi connectivity index (χ1v) is 14.0. The third-order valence-electron chi connectivity index (χ3n) is 7.21. The summed E-state index contributed by atoms with van der Waals surface area (Å²) in [5, 5.41) is 3.92. The van der Waals surface area contributed by atoms with Crippen LogP contribution in [0.3, 0.4) is 0 Å². The van der Waals surface area contributed by atoms with Gasteiger partial charge in [0.25, 0.3) is 17.7 Å². The van der Waals surface area contributed by atoms with Crippen LogP contribution in [0.1, 0.15) is 37.8 Å². The Morgan fingerprint density at radius 3 is 2.12 bits per heavy atom. The molecule has 0 radical (unpaired) electrons. The van der Waals surface area contributed by atoms with E-state index in [0.717, 1.165) is 28.9 Å². The van der Waals surface area contributed by atoms with Crippen LogP contribution in [-0.4, -0.2) is 30.4 Å². The Hall–Kier alpha value is -5.11. The van der Waals surface area contributed by atoms with E-state index in [1.54, 1.807) is 37.3 Å². The molecule has 1 aliphatic rings. The van der Waals surface area contributed by atoms with Crippen molar-refractivity contribution in [1.82, 2.24) is 10.7 Å². The highest BCUT2D eigenvalue weighted by Crippen LogP contribution is 2.40. The number of carbonyl (C=O) groups excluding carboxylic acids is 3. The molecule has 42 heavy (non-hydrogen) atoms. The summed E-state index contributed by atoms with van der Waals surface area (Å²) in [5.41, 5.74) is 7.18. The average Bonchev–Trinajstić information content (AvgIpc) is 3.10. The highest BCUT2D eigenvalue weighted by atomic mass is 16.5. The van der Waals surface area contributed by atoms with Crippen LogP contribution in [0.25, 0.3) is 11.1 Å². The molecule has 3 amide bonds. The Balaban J connectivity index is 1.16. The maximum atomic E-state index is 13.5. The second-order valence-corrected chi connectivity index (χ2v) is 10.1. The molecule has 2 atom stereocenters. The van der Waals surface area contributed by atoms with Crippen molar-refractivity contribution in [2.24, 2.45) is 0 Å². The van der Waals surface area contributed by atoms with Gasteiger partial charge in [0, 0.05) is 5.56 Å². The summed E-state index contributed by atoms with van der Waals surface area (Å²) in [5.74, 6) is 0.102. The molecule has 0 spiro atoms. The van der Waals surface area contributed by atoms with E-state index in [9.17, 15) is 14.4 Å². The highest BCUT2D eigenvalue weighted by Gasteiger charge is 2.33. The van der Waals surface area contributed by atoms with Crippen LogP contribution in [0.15, 0.2) is 97.1 Å². The zero-order valence-electron chi connectivity index (χ0n) is 23.8. The molecular formula is C34H33N3O5. The maximum Gasteiger partial charge on any atom is 0.261 e. The van der Waals surface area contributed by atoms with Crippen molar-refractivity contribution in [3.63, 3.8) is 0 Å². The van der Waals surface area contributed by atoms with Gasteiger partial charge in [0.05, 0.1) is 11.6 Å².